The van der Waals surface area contributed by atoms with E-state index in [1.54, 1.807) is 6.20 Å². The van der Waals surface area contributed by atoms with Crippen LogP contribution in [0.5, 0.6) is 0 Å². The zero-order chi connectivity index (χ0) is 13.4. The highest BCUT2D eigenvalue weighted by molar-refractivity contribution is 5.85. The van der Waals surface area contributed by atoms with Gasteiger partial charge >= 0.3 is 0 Å². The van der Waals surface area contributed by atoms with Gasteiger partial charge in [-0.05, 0) is 6.07 Å². The normalized spacial score (nSPS) is 23.3. The summed E-state index contributed by atoms with van der Waals surface area (Å²) in [5, 5.41) is 14.8. The standard InChI is InChI=1S/C13H13N3O3/c17-12-6-5-11(16(18)19)13(15-12)9-7-14-10-4-2-1-3-8(9)10/h1-4,7,11,13-14H,5-6H2,(H,15,17)/t11-,13-/m1/s1. The van der Waals surface area contributed by atoms with Crippen molar-refractivity contribution in [3.63, 3.8) is 0 Å². The molecule has 0 radical (unpaired) electrons. The van der Waals surface area contributed by atoms with Crippen LogP contribution in [0.2, 0.25) is 0 Å². The van der Waals surface area contributed by atoms with Crippen LogP contribution in [0.1, 0.15) is 24.4 Å². The molecule has 1 aromatic carbocycles. The highest BCUT2D eigenvalue weighted by Gasteiger charge is 2.39. The van der Waals surface area contributed by atoms with Crippen LogP contribution in [-0.4, -0.2) is 21.9 Å². The Morgan fingerprint density at radius 2 is 2.11 bits per heavy atom. The number of nitro groups is 1. The summed E-state index contributed by atoms with van der Waals surface area (Å²) in [5.41, 5.74) is 1.70. The van der Waals surface area contributed by atoms with Crippen molar-refractivity contribution in [2.45, 2.75) is 24.9 Å². The SMILES string of the molecule is O=C1CC[C@@H]([N+](=O)[O-])[C@@H](c2c[nH]c3ccccc23)N1. The molecule has 2 atom stereocenters. The molecule has 0 spiro atoms. The number of carbonyl (C=O) groups excluding carboxylic acids is 1. The average Bonchev–Trinajstić information content (AvgIpc) is 2.82. The van der Waals surface area contributed by atoms with E-state index >= 15 is 0 Å². The minimum absolute atomic E-state index is 0.131. The van der Waals surface area contributed by atoms with E-state index in [0.717, 1.165) is 16.5 Å². The van der Waals surface area contributed by atoms with Crippen molar-refractivity contribution in [2.24, 2.45) is 0 Å². The molecule has 3 rings (SSSR count). The third-order valence-corrected chi connectivity index (χ3v) is 3.60. The molecule has 6 heteroatoms. The number of aromatic amines is 1. The van der Waals surface area contributed by atoms with Crippen LogP contribution in [0.15, 0.2) is 30.5 Å². The number of rotatable bonds is 2. The molecule has 1 amide bonds. The highest BCUT2D eigenvalue weighted by Crippen LogP contribution is 2.31. The fraction of sp³-hybridized carbons (Fsp3) is 0.308. The summed E-state index contributed by atoms with van der Waals surface area (Å²) >= 11 is 0. The van der Waals surface area contributed by atoms with E-state index in [9.17, 15) is 14.9 Å². The molecular weight excluding hydrogens is 246 g/mol. The molecule has 0 aliphatic carbocycles. The second-order valence-corrected chi connectivity index (χ2v) is 4.73. The van der Waals surface area contributed by atoms with Gasteiger partial charge in [0.1, 0.15) is 6.04 Å². The van der Waals surface area contributed by atoms with Crippen molar-refractivity contribution < 1.29 is 9.72 Å². The van der Waals surface area contributed by atoms with E-state index in [2.05, 4.69) is 10.3 Å². The summed E-state index contributed by atoms with van der Waals surface area (Å²) < 4.78 is 0. The summed E-state index contributed by atoms with van der Waals surface area (Å²) in [7, 11) is 0. The van der Waals surface area contributed by atoms with Gasteiger partial charge in [-0.25, -0.2) is 0 Å². The molecule has 0 unspecified atom stereocenters. The molecule has 0 saturated carbocycles. The summed E-state index contributed by atoms with van der Waals surface area (Å²) in [5.74, 6) is -0.131. The van der Waals surface area contributed by atoms with Crippen LogP contribution < -0.4 is 5.32 Å². The minimum Gasteiger partial charge on any atom is -0.361 e. The number of hydrogen-bond acceptors (Lipinski definition) is 3. The quantitative estimate of drug-likeness (QED) is 0.636. The Bertz CT molecular complexity index is 649. The zero-order valence-corrected chi connectivity index (χ0v) is 10.1. The molecular formula is C13H13N3O3. The number of nitrogens with zero attached hydrogens (tertiary/aromatic N) is 1. The van der Waals surface area contributed by atoms with Crippen LogP contribution in [-0.2, 0) is 4.79 Å². The van der Waals surface area contributed by atoms with Gasteiger partial charge in [0.05, 0.1) is 0 Å². The van der Waals surface area contributed by atoms with Crippen molar-refractivity contribution in [2.75, 3.05) is 0 Å². The predicted molar refractivity (Wildman–Crippen MR) is 69.2 cm³/mol. The van der Waals surface area contributed by atoms with Crippen LogP contribution in [0.3, 0.4) is 0 Å². The Kier molecular flexibility index (Phi) is 2.70. The van der Waals surface area contributed by atoms with Gasteiger partial charge in [0, 0.05) is 40.4 Å². The first-order chi connectivity index (χ1) is 9.16. The van der Waals surface area contributed by atoms with Crippen LogP contribution in [0.4, 0.5) is 0 Å². The first kappa shape index (κ1) is 11.7. The molecule has 1 aliphatic heterocycles. The molecule has 0 bridgehead atoms. The van der Waals surface area contributed by atoms with Gasteiger partial charge in [-0.15, -0.1) is 0 Å². The molecule has 1 aromatic heterocycles. The molecule has 1 saturated heterocycles. The lowest BCUT2D eigenvalue weighted by molar-refractivity contribution is -0.529. The summed E-state index contributed by atoms with van der Waals surface area (Å²) in [6.45, 7) is 0. The average molecular weight is 259 g/mol. The van der Waals surface area contributed by atoms with Gasteiger partial charge in [-0.2, -0.15) is 0 Å². The van der Waals surface area contributed by atoms with Gasteiger partial charge in [0.2, 0.25) is 11.9 Å². The molecule has 2 N–H and O–H groups in total. The number of fused-ring (bicyclic) bond motifs is 1. The molecule has 19 heavy (non-hydrogen) atoms. The molecule has 6 nitrogen and oxygen atoms in total. The maximum atomic E-state index is 11.5. The van der Waals surface area contributed by atoms with Crippen molar-refractivity contribution >= 4 is 16.8 Å². The van der Waals surface area contributed by atoms with Crippen molar-refractivity contribution in [1.29, 1.82) is 0 Å². The second-order valence-electron chi connectivity index (χ2n) is 4.73. The number of hydrogen-bond donors (Lipinski definition) is 2. The number of H-pyrrole nitrogens is 1. The second kappa shape index (κ2) is 4.38. The van der Waals surface area contributed by atoms with Gasteiger partial charge < -0.3 is 10.3 Å². The largest absolute Gasteiger partial charge is 0.361 e. The lowest BCUT2D eigenvalue weighted by Gasteiger charge is -2.26. The predicted octanol–water partition coefficient (Wildman–Crippen LogP) is 1.76. The zero-order valence-electron chi connectivity index (χ0n) is 10.1. The number of para-hydroxylation sites is 1. The summed E-state index contributed by atoms with van der Waals surface area (Å²) in [6.07, 6.45) is 2.24. The van der Waals surface area contributed by atoms with Crippen molar-refractivity contribution in [1.82, 2.24) is 10.3 Å². The summed E-state index contributed by atoms with van der Waals surface area (Å²) in [4.78, 5) is 25.5. The Balaban J connectivity index is 2.06. The molecule has 2 heterocycles. The van der Waals surface area contributed by atoms with Crippen molar-refractivity contribution in [3.8, 4) is 0 Å². The monoisotopic (exact) mass is 259 g/mol. The fourth-order valence-corrected chi connectivity index (χ4v) is 2.65. The number of aromatic nitrogens is 1. The van der Waals surface area contributed by atoms with E-state index in [-0.39, 0.29) is 23.7 Å². The first-order valence-corrected chi connectivity index (χ1v) is 6.15. The Labute approximate surface area is 109 Å². The van der Waals surface area contributed by atoms with Crippen LogP contribution >= 0.6 is 0 Å². The lowest BCUT2D eigenvalue weighted by Crippen LogP contribution is -2.45. The van der Waals surface area contributed by atoms with Crippen LogP contribution in [0, 0.1) is 10.1 Å². The van der Waals surface area contributed by atoms with E-state index in [4.69, 9.17) is 0 Å². The molecule has 1 fully saturated rings. The number of nitrogens with one attached hydrogen (secondary N) is 2. The van der Waals surface area contributed by atoms with Gasteiger partial charge in [-0.1, -0.05) is 18.2 Å². The third-order valence-electron chi connectivity index (χ3n) is 3.60. The summed E-state index contributed by atoms with van der Waals surface area (Å²) in [6, 6.07) is 6.26. The number of amides is 1. The van der Waals surface area contributed by atoms with Gasteiger partial charge in [0.15, 0.2) is 0 Å². The molecule has 2 aromatic rings. The Morgan fingerprint density at radius 3 is 2.89 bits per heavy atom. The minimum atomic E-state index is -0.767. The maximum absolute atomic E-state index is 11.5. The smallest absolute Gasteiger partial charge is 0.237 e. The fourth-order valence-electron chi connectivity index (χ4n) is 2.65. The van der Waals surface area contributed by atoms with Gasteiger partial charge in [-0.3, -0.25) is 14.9 Å². The third kappa shape index (κ3) is 1.95. The topological polar surface area (TPSA) is 88.0 Å². The number of carbonyl (C=O) groups is 1. The van der Waals surface area contributed by atoms with Gasteiger partial charge in [0.25, 0.3) is 0 Å². The van der Waals surface area contributed by atoms with E-state index in [0.29, 0.717) is 0 Å². The Morgan fingerprint density at radius 1 is 1.32 bits per heavy atom. The Hall–Kier alpha value is -2.37. The number of piperidine rings is 1. The number of benzene rings is 1. The van der Waals surface area contributed by atoms with E-state index in [1.807, 2.05) is 24.3 Å². The molecule has 98 valence electrons. The van der Waals surface area contributed by atoms with Crippen LogP contribution in [0.25, 0.3) is 10.9 Å². The molecule has 1 aliphatic rings. The van der Waals surface area contributed by atoms with E-state index < -0.39 is 12.1 Å². The van der Waals surface area contributed by atoms with Crippen molar-refractivity contribution in [3.05, 3.63) is 46.1 Å². The van der Waals surface area contributed by atoms with E-state index in [1.165, 1.54) is 0 Å². The highest BCUT2D eigenvalue weighted by atomic mass is 16.6. The first-order valence-electron chi connectivity index (χ1n) is 6.15. The maximum Gasteiger partial charge on any atom is 0.237 e. The lowest BCUT2D eigenvalue weighted by atomic mass is 9.92.